The molecule has 0 spiro atoms. The fraction of sp³-hybridized carbons (Fsp3) is 0.667. The molecule has 4 bridgehead atoms. The highest BCUT2D eigenvalue weighted by Gasteiger charge is 2.62. The zero-order chi connectivity index (χ0) is 15.6. The fourth-order valence-electron chi connectivity index (χ4n) is 6.44. The topological polar surface area (TPSA) is 68.0 Å². The Hall–Kier alpha value is -1.29. The quantitative estimate of drug-likeness (QED) is 0.857. The van der Waals surface area contributed by atoms with Gasteiger partial charge in [0.25, 0.3) is 0 Å². The Morgan fingerprint density at radius 1 is 1.17 bits per heavy atom. The summed E-state index contributed by atoms with van der Waals surface area (Å²) in [7, 11) is 0. The molecule has 5 rings (SSSR count). The molecule has 0 aromatic carbocycles. The van der Waals surface area contributed by atoms with Gasteiger partial charge in [-0.15, -0.1) is 12.4 Å². The first-order valence-corrected chi connectivity index (χ1v) is 8.33. The normalized spacial score (nSPS) is 40.5. The molecule has 0 radical (unpaired) electrons. The molecule has 1 aromatic rings. The zero-order valence-electron chi connectivity index (χ0n) is 13.9. The van der Waals surface area contributed by atoms with Crippen molar-refractivity contribution in [3.05, 3.63) is 18.3 Å². The van der Waals surface area contributed by atoms with E-state index < -0.39 is 0 Å². The summed E-state index contributed by atoms with van der Waals surface area (Å²) in [6, 6.07) is 3.57. The van der Waals surface area contributed by atoms with Crippen LogP contribution in [-0.2, 0) is 4.79 Å². The van der Waals surface area contributed by atoms with E-state index in [2.05, 4.69) is 24.1 Å². The number of pyridine rings is 1. The van der Waals surface area contributed by atoms with E-state index in [1.54, 1.807) is 12.3 Å². The van der Waals surface area contributed by atoms with Gasteiger partial charge in [-0.2, -0.15) is 0 Å². The van der Waals surface area contributed by atoms with Crippen LogP contribution in [0.5, 0.6) is 0 Å². The van der Waals surface area contributed by atoms with Crippen molar-refractivity contribution in [3.8, 4) is 0 Å². The second-order valence-corrected chi connectivity index (χ2v) is 8.84. The molecule has 4 saturated carbocycles. The zero-order valence-corrected chi connectivity index (χ0v) is 14.7. The maximum Gasteiger partial charge on any atom is 0.230 e. The number of rotatable bonds is 2. The molecule has 23 heavy (non-hydrogen) atoms. The van der Waals surface area contributed by atoms with Crippen molar-refractivity contribution in [1.82, 2.24) is 4.98 Å². The van der Waals surface area contributed by atoms with Gasteiger partial charge in [-0.3, -0.25) is 4.79 Å². The van der Waals surface area contributed by atoms with E-state index in [1.807, 2.05) is 6.07 Å². The summed E-state index contributed by atoms with van der Waals surface area (Å²) >= 11 is 0. The van der Waals surface area contributed by atoms with Crippen LogP contribution < -0.4 is 11.1 Å². The number of hydrogen-bond acceptors (Lipinski definition) is 3. The van der Waals surface area contributed by atoms with Gasteiger partial charge < -0.3 is 11.1 Å². The maximum atomic E-state index is 13.1. The largest absolute Gasteiger partial charge is 0.384 e. The Kier molecular flexibility index (Phi) is 3.67. The van der Waals surface area contributed by atoms with Gasteiger partial charge in [0, 0.05) is 0 Å². The standard InChI is InChI=1S/C18H25N3O.ClH/c1-16-5-12-6-17(2,9-16)11-18(7-12,10-16)15(22)21-13-3-4-14(19)20-8-13;/h3-4,8,12H,5-7,9-11H2,1-2H3,(H2,19,20)(H,21,22);1H. The van der Waals surface area contributed by atoms with Gasteiger partial charge in [0.1, 0.15) is 5.82 Å². The average Bonchev–Trinajstić information content (AvgIpc) is 2.37. The van der Waals surface area contributed by atoms with Crippen molar-refractivity contribution in [1.29, 1.82) is 0 Å². The molecule has 3 N–H and O–H groups in total. The van der Waals surface area contributed by atoms with Crippen molar-refractivity contribution < 1.29 is 4.79 Å². The number of anilines is 2. The molecule has 0 aliphatic heterocycles. The number of halogens is 1. The summed E-state index contributed by atoms with van der Waals surface area (Å²) in [5.74, 6) is 1.40. The number of nitrogens with zero attached hydrogens (tertiary/aromatic N) is 1. The Labute approximate surface area is 144 Å². The number of carbonyl (C=O) groups is 1. The predicted octanol–water partition coefficient (Wildman–Crippen LogP) is 4.02. The third kappa shape index (κ3) is 2.71. The van der Waals surface area contributed by atoms with Crippen LogP contribution in [0.4, 0.5) is 11.5 Å². The minimum absolute atomic E-state index is 0. The van der Waals surface area contributed by atoms with E-state index in [-0.39, 0.29) is 23.7 Å². The van der Waals surface area contributed by atoms with Crippen LogP contribution in [0.2, 0.25) is 0 Å². The first kappa shape index (κ1) is 16.6. The van der Waals surface area contributed by atoms with Crippen LogP contribution in [0.25, 0.3) is 0 Å². The SMILES string of the molecule is CC12CC3CC(C)(C1)CC(C(=O)Nc1ccc(N)nc1)(C3)C2.Cl. The van der Waals surface area contributed by atoms with Crippen LogP contribution in [0, 0.1) is 22.2 Å². The van der Waals surface area contributed by atoms with Crippen LogP contribution >= 0.6 is 12.4 Å². The first-order valence-electron chi connectivity index (χ1n) is 8.33. The van der Waals surface area contributed by atoms with Gasteiger partial charge >= 0.3 is 0 Å². The summed E-state index contributed by atoms with van der Waals surface area (Å²) in [6.07, 6.45) is 8.70. The second-order valence-electron chi connectivity index (χ2n) is 8.84. The van der Waals surface area contributed by atoms with E-state index in [4.69, 9.17) is 5.73 Å². The van der Waals surface area contributed by atoms with Gasteiger partial charge in [-0.1, -0.05) is 13.8 Å². The van der Waals surface area contributed by atoms with Crippen LogP contribution in [0.3, 0.4) is 0 Å². The third-order valence-corrected chi connectivity index (χ3v) is 6.15. The highest BCUT2D eigenvalue weighted by molar-refractivity contribution is 5.95. The molecule has 1 aromatic heterocycles. The smallest absolute Gasteiger partial charge is 0.230 e. The van der Waals surface area contributed by atoms with Gasteiger partial charge in [-0.25, -0.2) is 4.98 Å². The Bertz CT molecular complexity index is 612. The summed E-state index contributed by atoms with van der Waals surface area (Å²) < 4.78 is 0. The van der Waals surface area contributed by atoms with Gasteiger partial charge in [0.05, 0.1) is 17.3 Å². The van der Waals surface area contributed by atoms with E-state index in [1.165, 1.54) is 19.3 Å². The highest BCUT2D eigenvalue weighted by Crippen LogP contribution is 2.69. The molecule has 4 nitrogen and oxygen atoms in total. The summed E-state index contributed by atoms with van der Waals surface area (Å²) in [4.78, 5) is 17.1. The van der Waals surface area contributed by atoms with Crippen LogP contribution in [0.15, 0.2) is 18.3 Å². The van der Waals surface area contributed by atoms with Gasteiger partial charge in [0.15, 0.2) is 0 Å². The minimum Gasteiger partial charge on any atom is -0.384 e. The van der Waals surface area contributed by atoms with Crippen molar-refractivity contribution in [2.24, 2.45) is 22.2 Å². The number of carbonyl (C=O) groups excluding carboxylic acids is 1. The Morgan fingerprint density at radius 2 is 1.83 bits per heavy atom. The average molecular weight is 336 g/mol. The van der Waals surface area contributed by atoms with E-state index >= 15 is 0 Å². The molecule has 2 atom stereocenters. The van der Waals surface area contributed by atoms with Crippen LogP contribution in [-0.4, -0.2) is 10.9 Å². The molecule has 5 heteroatoms. The van der Waals surface area contributed by atoms with Crippen molar-refractivity contribution >= 4 is 29.8 Å². The summed E-state index contributed by atoms with van der Waals surface area (Å²) in [6.45, 7) is 4.78. The molecular weight excluding hydrogens is 310 g/mol. The summed E-state index contributed by atoms with van der Waals surface area (Å²) in [5, 5.41) is 3.10. The molecule has 0 saturated heterocycles. The maximum absolute atomic E-state index is 13.1. The van der Waals surface area contributed by atoms with Crippen molar-refractivity contribution in [2.75, 3.05) is 11.1 Å². The number of amides is 1. The highest BCUT2D eigenvalue weighted by atomic mass is 35.5. The number of nitrogen functional groups attached to an aromatic ring is 1. The van der Waals surface area contributed by atoms with Gasteiger partial charge in [0.2, 0.25) is 5.91 Å². The lowest BCUT2D eigenvalue weighted by Crippen LogP contribution is -2.58. The number of aromatic nitrogens is 1. The lowest BCUT2D eigenvalue weighted by atomic mass is 9.40. The molecule has 1 amide bonds. The fourth-order valence-corrected chi connectivity index (χ4v) is 6.44. The van der Waals surface area contributed by atoms with Crippen LogP contribution in [0.1, 0.15) is 52.4 Å². The minimum atomic E-state index is -0.176. The number of nitrogens with two attached hydrogens (primary N) is 1. The predicted molar refractivity (Wildman–Crippen MR) is 94.4 cm³/mol. The summed E-state index contributed by atoms with van der Waals surface area (Å²) in [5.41, 5.74) is 6.90. The van der Waals surface area contributed by atoms with E-state index in [0.29, 0.717) is 16.6 Å². The van der Waals surface area contributed by atoms with E-state index in [0.717, 1.165) is 30.9 Å². The Balaban J connectivity index is 0.00000156. The van der Waals surface area contributed by atoms with Gasteiger partial charge in [-0.05, 0) is 67.4 Å². The molecule has 2 unspecified atom stereocenters. The molecule has 4 fully saturated rings. The second kappa shape index (κ2) is 5.10. The van der Waals surface area contributed by atoms with Crippen molar-refractivity contribution in [3.63, 3.8) is 0 Å². The van der Waals surface area contributed by atoms with E-state index in [9.17, 15) is 4.79 Å². The Morgan fingerprint density at radius 3 is 2.35 bits per heavy atom. The first-order chi connectivity index (χ1) is 10.3. The molecule has 126 valence electrons. The third-order valence-electron chi connectivity index (χ3n) is 6.15. The molecule has 4 aliphatic carbocycles. The monoisotopic (exact) mass is 335 g/mol. The van der Waals surface area contributed by atoms with Crippen molar-refractivity contribution in [2.45, 2.75) is 52.4 Å². The molecule has 1 heterocycles. The molecular formula is C18H26ClN3O. The lowest BCUT2D eigenvalue weighted by Gasteiger charge is -2.64. The lowest BCUT2D eigenvalue weighted by molar-refractivity contribution is -0.165. The number of nitrogens with one attached hydrogen (secondary N) is 1. The number of hydrogen-bond donors (Lipinski definition) is 2. The molecule has 4 aliphatic rings.